The molecule has 1 aliphatic carbocycles. The number of hydrogen-bond acceptors (Lipinski definition) is 5. The molecule has 1 saturated carbocycles. The first-order valence-electron chi connectivity index (χ1n) is 9.14. The molecule has 164 valence electrons. The van der Waals surface area contributed by atoms with Gasteiger partial charge in [-0.1, -0.05) is 0 Å². The molecule has 0 bridgehead atoms. The van der Waals surface area contributed by atoms with Crippen molar-refractivity contribution in [3.8, 4) is 11.8 Å². The smallest absolute Gasteiger partial charge is 0.392 e. The summed E-state index contributed by atoms with van der Waals surface area (Å²) in [6.07, 6.45) is -3.77. The molecule has 0 radical (unpaired) electrons. The lowest BCUT2D eigenvalue weighted by molar-refractivity contribution is -0.210. The van der Waals surface area contributed by atoms with Gasteiger partial charge >= 0.3 is 6.18 Å². The molecule has 3 rings (SSSR count). The van der Waals surface area contributed by atoms with Gasteiger partial charge in [0.1, 0.15) is 6.10 Å². The number of alkyl halides is 3. The van der Waals surface area contributed by atoms with Gasteiger partial charge in [0.05, 0.1) is 25.6 Å². The molecule has 6 nitrogen and oxygen atoms in total. The number of carbonyl (C=O) groups excluding carboxylic acids is 1. The molecule has 1 aliphatic heterocycles. The minimum atomic E-state index is -4.27. The second kappa shape index (κ2) is 9.34. The quantitative estimate of drug-likeness (QED) is 0.687. The Morgan fingerprint density at radius 3 is 2.59 bits per heavy atom. The number of ether oxygens (including phenoxy) is 2. The first-order valence-corrected chi connectivity index (χ1v) is 9.14. The topological polar surface area (TPSA) is 63.7 Å². The Hall–Kier alpha value is -1.81. The third-order valence-corrected chi connectivity index (χ3v) is 5.15. The summed E-state index contributed by atoms with van der Waals surface area (Å²) in [5, 5.41) is 3.11. The van der Waals surface area contributed by atoms with Crippen molar-refractivity contribution in [2.75, 3.05) is 20.7 Å². The molecule has 1 amide bonds. The standard InChI is InChI=1S/C18H23F4N3O3.ClH/c1-25(17(26)14-4-3-5-23-14)9-10-6-13(19)16(24-15(10)27-2)28-12-7-11(8-12)18(20,21)22;/h6,11-12,14,23H,3-5,7-9H2,1-2H3;1H/t11-,12+,14-;/m0./s1. The van der Waals surface area contributed by atoms with Gasteiger partial charge in [0, 0.05) is 12.6 Å². The van der Waals surface area contributed by atoms with Crippen molar-refractivity contribution >= 4 is 18.3 Å². The molecule has 2 fully saturated rings. The normalized spacial score (nSPS) is 23.7. The summed E-state index contributed by atoms with van der Waals surface area (Å²) in [6, 6.07) is 0.893. The van der Waals surface area contributed by atoms with Gasteiger partial charge in [-0.2, -0.15) is 18.2 Å². The van der Waals surface area contributed by atoms with E-state index in [0.717, 1.165) is 25.5 Å². The van der Waals surface area contributed by atoms with E-state index in [0.29, 0.717) is 5.56 Å². The molecule has 2 heterocycles. The molecular weight excluding hydrogens is 418 g/mol. The Bertz CT molecular complexity index is 723. The van der Waals surface area contributed by atoms with E-state index in [9.17, 15) is 22.4 Å². The fraction of sp³-hybridized carbons (Fsp3) is 0.667. The van der Waals surface area contributed by atoms with Crippen LogP contribution >= 0.6 is 12.4 Å². The summed E-state index contributed by atoms with van der Waals surface area (Å²) in [5.41, 5.74) is 0.350. The molecule has 29 heavy (non-hydrogen) atoms. The lowest BCUT2D eigenvalue weighted by Gasteiger charge is -2.36. The van der Waals surface area contributed by atoms with Crippen LogP contribution in [0.3, 0.4) is 0 Å². The van der Waals surface area contributed by atoms with Gasteiger partial charge in [-0.25, -0.2) is 4.39 Å². The number of likely N-dealkylation sites (N-methyl/N-ethyl adjacent to an activating group) is 1. The Morgan fingerprint density at radius 2 is 2.03 bits per heavy atom. The van der Waals surface area contributed by atoms with E-state index >= 15 is 0 Å². The number of halogens is 5. The summed E-state index contributed by atoms with van der Waals surface area (Å²) in [7, 11) is 2.95. The van der Waals surface area contributed by atoms with Crippen LogP contribution in [-0.2, 0) is 11.3 Å². The predicted molar refractivity (Wildman–Crippen MR) is 98.7 cm³/mol. The van der Waals surface area contributed by atoms with Crippen molar-refractivity contribution in [3.63, 3.8) is 0 Å². The highest BCUT2D eigenvalue weighted by molar-refractivity contribution is 5.85. The van der Waals surface area contributed by atoms with Crippen LogP contribution < -0.4 is 14.8 Å². The second-order valence-corrected chi connectivity index (χ2v) is 7.24. The molecule has 1 aromatic heterocycles. The highest BCUT2D eigenvalue weighted by Gasteiger charge is 2.49. The molecule has 1 aromatic rings. The molecule has 0 aromatic carbocycles. The van der Waals surface area contributed by atoms with Gasteiger partial charge < -0.3 is 19.7 Å². The number of aromatic nitrogens is 1. The fourth-order valence-corrected chi connectivity index (χ4v) is 3.45. The summed E-state index contributed by atoms with van der Waals surface area (Å²) < 4.78 is 62.5. The number of hydrogen-bond donors (Lipinski definition) is 1. The Balaban J connectivity index is 0.00000300. The van der Waals surface area contributed by atoms with Crippen molar-refractivity contribution in [2.24, 2.45) is 5.92 Å². The van der Waals surface area contributed by atoms with Crippen LogP contribution in [0.5, 0.6) is 11.8 Å². The summed E-state index contributed by atoms with van der Waals surface area (Å²) in [4.78, 5) is 17.8. The maximum absolute atomic E-state index is 14.4. The zero-order valence-electron chi connectivity index (χ0n) is 16.1. The van der Waals surface area contributed by atoms with Crippen molar-refractivity contribution in [1.82, 2.24) is 15.2 Å². The van der Waals surface area contributed by atoms with Gasteiger partial charge in [0.25, 0.3) is 5.88 Å². The molecule has 0 unspecified atom stereocenters. The van der Waals surface area contributed by atoms with Crippen molar-refractivity contribution in [1.29, 1.82) is 0 Å². The first kappa shape index (κ1) is 23.5. The van der Waals surface area contributed by atoms with Crippen LogP contribution in [0.1, 0.15) is 31.2 Å². The van der Waals surface area contributed by atoms with E-state index in [4.69, 9.17) is 9.47 Å². The maximum atomic E-state index is 14.4. The third kappa shape index (κ3) is 5.42. The predicted octanol–water partition coefficient (Wildman–Crippen LogP) is 3.08. The minimum Gasteiger partial charge on any atom is -0.481 e. The Labute approximate surface area is 172 Å². The lowest BCUT2D eigenvalue weighted by Crippen LogP contribution is -2.42. The number of rotatable bonds is 6. The molecule has 1 N–H and O–H groups in total. The number of methoxy groups -OCH3 is 1. The van der Waals surface area contributed by atoms with E-state index in [2.05, 4.69) is 10.3 Å². The zero-order valence-corrected chi connectivity index (χ0v) is 16.9. The van der Waals surface area contributed by atoms with E-state index in [-0.39, 0.29) is 49.6 Å². The van der Waals surface area contributed by atoms with Crippen LogP contribution in [0, 0.1) is 11.7 Å². The summed E-state index contributed by atoms with van der Waals surface area (Å²) in [6.45, 7) is 0.871. The minimum absolute atomic E-state index is 0. The monoisotopic (exact) mass is 441 g/mol. The average Bonchev–Trinajstić information content (AvgIpc) is 3.11. The van der Waals surface area contributed by atoms with Gasteiger partial charge in [-0.15, -0.1) is 12.4 Å². The lowest BCUT2D eigenvalue weighted by atomic mass is 9.82. The van der Waals surface area contributed by atoms with Crippen molar-refractivity contribution in [3.05, 3.63) is 17.4 Å². The Kier molecular flexibility index (Phi) is 7.56. The van der Waals surface area contributed by atoms with Gasteiger partial charge in [0.15, 0.2) is 5.82 Å². The molecule has 0 spiro atoms. The fourth-order valence-electron chi connectivity index (χ4n) is 3.45. The average molecular weight is 442 g/mol. The highest BCUT2D eigenvalue weighted by atomic mass is 35.5. The van der Waals surface area contributed by atoms with Crippen LogP contribution in [0.2, 0.25) is 0 Å². The first-order chi connectivity index (χ1) is 13.2. The van der Waals surface area contributed by atoms with E-state index in [1.54, 1.807) is 7.05 Å². The molecule has 1 saturated heterocycles. The molecule has 1 atom stereocenters. The Morgan fingerprint density at radius 1 is 1.34 bits per heavy atom. The number of pyridine rings is 1. The van der Waals surface area contributed by atoms with Crippen LogP contribution in [-0.4, -0.2) is 54.8 Å². The number of amides is 1. The molecular formula is C18H24ClF4N3O3. The highest BCUT2D eigenvalue weighted by Crippen LogP contribution is 2.43. The van der Waals surface area contributed by atoms with E-state index < -0.39 is 29.9 Å². The van der Waals surface area contributed by atoms with Crippen LogP contribution in [0.25, 0.3) is 0 Å². The van der Waals surface area contributed by atoms with Gasteiger partial charge in [0.2, 0.25) is 11.8 Å². The number of nitrogens with zero attached hydrogens (tertiary/aromatic N) is 2. The maximum Gasteiger partial charge on any atom is 0.392 e. The van der Waals surface area contributed by atoms with Crippen LogP contribution in [0.4, 0.5) is 17.6 Å². The number of carbonyl (C=O) groups is 1. The SMILES string of the molecule is COc1nc(O[C@H]2C[C@@H](C(F)(F)F)C2)c(F)cc1CN(C)C(=O)[C@@H]1CCCN1.Cl. The van der Waals surface area contributed by atoms with Crippen molar-refractivity contribution < 1.29 is 31.8 Å². The van der Waals surface area contributed by atoms with Gasteiger partial charge in [-0.3, -0.25) is 4.79 Å². The summed E-state index contributed by atoms with van der Waals surface area (Å²) >= 11 is 0. The second-order valence-electron chi connectivity index (χ2n) is 7.24. The van der Waals surface area contributed by atoms with Gasteiger partial charge in [-0.05, 0) is 38.3 Å². The third-order valence-electron chi connectivity index (χ3n) is 5.15. The van der Waals surface area contributed by atoms with Crippen molar-refractivity contribution in [2.45, 2.75) is 50.6 Å². The van der Waals surface area contributed by atoms with E-state index in [1.165, 1.54) is 12.0 Å². The zero-order chi connectivity index (χ0) is 20.5. The molecule has 11 heteroatoms. The van der Waals surface area contributed by atoms with Crippen LogP contribution in [0.15, 0.2) is 6.07 Å². The largest absolute Gasteiger partial charge is 0.481 e. The van der Waals surface area contributed by atoms with E-state index in [1.807, 2.05) is 0 Å². The number of nitrogens with one attached hydrogen (secondary N) is 1. The molecule has 2 aliphatic rings. The summed E-state index contributed by atoms with van der Waals surface area (Å²) in [5.74, 6) is -2.65.